The van der Waals surface area contributed by atoms with Crippen LogP contribution in [-0.2, 0) is 33.9 Å². The van der Waals surface area contributed by atoms with Crippen molar-refractivity contribution < 1.29 is 23.9 Å². The van der Waals surface area contributed by atoms with Crippen LogP contribution in [0.15, 0.2) is 54.9 Å². The Morgan fingerprint density at radius 2 is 1.80 bits per heavy atom. The van der Waals surface area contributed by atoms with Gasteiger partial charge in [0.05, 0.1) is 24.8 Å². The van der Waals surface area contributed by atoms with Gasteiger partial charge in [-0.3, -0.25) is 19.2 Å². The summed E-state index contributed by atoms with van der Waals surface area (Å²) in [7, 11) is 0. The highest BCUT2D eigenvalue weighted by molar-refractivity contribution is 6.01. The predicted octanol–water partition coefficient (Wildman–Crippen LogP) is 1.76. The predicted molar refractivity (Wildman–Crippen MR) is 166 cm³/mol. The standard InChI is InChI=1S/C32H38N8O5/c1-18(2)28-32(44)35-20(4)29(41)34-16-22-17-40(39-38-22)11-12-45-27-10-9-19(3)13-24(27)30(42)36-26(31(43)37-28)14-21-15-33-25-8-6-5-7-23(21)25/h5-10,13,15,17-18,20,26,28,33H,11-12,14,16H2,1-4H3,(H,34,41)(H,35,44)(H,36,42)(H,37,43)/t20-,26-,28+/m1/s1. The van der Waals surface area contributed by atoms with Gasteiger partial charge in [0.1, 0.15) is 36.2 Å². The molecule has 236 valence electrons. The van der Waals surface area contributed by atoms with Crippen LogP contribution in [0, 0.1) is 12.8 Å². The molecule has 1 aliphatic rings. The molecule has 0 saturated heterocycles. The van der Waals surface area contributed by atoms with Crippen LogP contribution in [0.3, 0.4) is 0 Å². The zero-order valence-electron chi connectivity index (χ0n) is 25.7. The second-order valence-electron chi connectivity index (χ2n) is 11.6. The molecule has 2 aromatic heterocycles. The Balaban J connectivity index is 1.49. The van der Waals surface area contributed by atoms with E-state index in [1.807, 2.05) is 43.5 Å². The van der Waals surface area contributed by atoms with Gasteiger partial charge in [-0.1, -0.05) is 48.9 Å². The number of carbonyl (C=O) groups is 4. The minimum Gasteiger partial charge on any atom is -0.491 e. The molecule has 3 atom stereocenters. The molecule has 0 fully saturated rings. The Morgan fingerprint density at radius 3 is 2.60 bits per heavy atom. The maximum Gasteiger partial charge on any atom is 0.255 e. The van der Waals surface area contributed by atoms with Crippen LogP contribution in [0.25, 0.3) is 10.9 Å². The first-order valence-electron chi connectivity index (χ1n) is 15.0. The summed E-state index contributed by atoms with van der Waals surface area (Å²) in [6, 6.07) is 10.0. The van der Waals surface area contributed by atoms with Crippen molar-refractivity contribution >= 4 is 34.5 Å². The number of fused-ring (bicyclic) bond motifs is 4. The zero-order valence-corrected chi connectivity index (χ0v) is 25.7. The summed E-state index contributed by atoms with van der Waals surface area (Å²) in [5, 5.41) is 20.3. The van der Waals surface area contributed by atoms with Crippen molar-refractivity contribution in [2.45, 2.75) is 65.3 Å². The molecule has 0 radical (unpaired) electrons. The van der Waals surface area contributed by atoms with E-state index in [0.717, 1.165) is 22.0 Å². The van der Waals surface area contributed by atoms with Crippen molar-refractivity contribution in [2.24, 2.45) is 5.92 Å². The fourth-order valence-corrected chi connectivity index (χ4v) is 5.18. The topological polar surface area (TPSA) is 172 Å². The van der Waals surface area contributed by atoms with Gasteiger partial charge in [0.15, 0.2) is 0 Å². The van der Waals surface area contributed by atoms with Crippen LogP contribution in [0.1, 0.15) is 48.0 Å². The normalized spacial score (nSPS) is 20.4. The summed E-state index contributed by atoms with van der Waals surface area (Å²) >= 11 is 0. The summed E-state index contributed by atoms with van der Waals surface area (Å²) in [4.78, 5) is 57.1. The number of nitrogens with one attached hydrogen (secondary N) is 5. The number of aryl methyl sites for hydroxylation is 1. The first-order chi connectivity index (χ1) is 21.6. The molecule has 0 saturated carbocycles. The van der Waals surface area contributed by atoms with E-state index in [1.165, 1.54) is 0 Å². The van der Waals surface area contributed by atoms with E-state index in [-0.39, 0.29) is 31.1 Å². The van der Waals surface area contributed by atoms with E-state index in [1.54, 1.807) is 43.8 Å². The van der Waals surface area contributed by atoms with Crippen LogP contribution in [0.4, 0.5) is 0 Å². The Kier molecular flexibility index (Phi) is 9.45. The summed E-state index contributed by atoms with van der Waals surface area (Å²) in [5.74, 6) is -1.95. The molecule has 2 bridgehead atoms. The van der Waals surface area contributed by atoms with Crippen LogP contribution >= 0.6 is 0 Å². The SMILES string of the molecule is Cc1ccc2c(c1)C(=O)N[C@H](Cc1c[nH]c3ccccc13)C(=O)N[C@@H](C(C)C)C(=O)N[C@H](C)C(=O)NCc1cn(nn1)CCO2. The largest absolute Gasteiger partial charge is 0.491 e. The number of para-hydroxylation sites is 1. The summed E-state index contributed by atoms with van der Waals surface area (Å²) in [5.41, 5.74) is 3.36. The van der Waals surface area contributed by atoms with Crippen LogP contribution in [0.2, 0.25) is 0 Å². The Bertz CT molecular complexity index is 1710. The number of rotatable bonds is 3. The monoisotopic (exact) mass is 614 g/mol. The van der Waals surface area contributed by atoms with Crippen molar-refractivity contribution in [1.29, 1.82) is 0 Å². The molecule has 3 heterocycles. The van der Waals surface area contributed by atoms with Gasteiger partial charge in [0.2, 0.25) is 17.7 Å². The lowest BCUT2D eigenvalue weighted by Crippen LogP contribution is -2.58. The number of hydrogen-bond acceptors (Lipinski definition) is 7. The maximum absolute atomic E-state index is 13.9. The number of amides is 4. The number of carbonyl (C=O) groups excluding carboxylic acids is 4. The van der Waals surface area contributed by atoms with Crippen molar-refractivity contribution in [3.63, 3.8) is 0 Å². The fourth-order valence-electron chi connectivity index (χ4n) is 5.18. The molecular formula is C32H38N8O5. The van der Waals surface area contributed by atoms with Crippen molar-refractivity contribution in [2.75, 3.05) is 6.61 Å². The smallest absolute Gasteiger partial charge is 0.255 e. The second kappa shape index (κ2) is 13.6. The highest BCUT2D eigenvalue weighted by atomic mass is 16.5. The molecule has 4 amide bonds. The summed E-state index contributed by atoms with van der Waals surface area (Å²) in [6.07, 6.45) is 3.65. The van der Waals surface area contributed by atoms with Gasteiger partial charge in [-0.25, -0.2) is 4.68 Å². The minimum atomic E-state index is -1.04. The highest BCUT2D eigenvalue weighted by Crippen LogP contribution is 2.22. The molecule has 0 aliphatic carbocycles. The number of ether oxygens (including phenoxy) is 1. The first kappa shape index (κ1) is 31.2. The van der Waals surface area contributed by atoms with Crippen LogP contribution < -0.4 is 26.0 Å². The number of H-pyrrole nitrogens is 1. The third kappa shape index (κ3) is 7.48. The summed E-state index contributed by atoms with van der Waals surface area (Å²) < 4.78 is 7.58. The number of aromatic amines is 1. The lowest BCUT2D eigenvalue weighted by Gasteiger charge is -2.26. The molecule has 0 unspecified atom stereocenters. The lowest BCUT2D eigenvalue weighted by molar-refractivity contribution is -0.133. The fraction of sp³-hybridized carbons (Fsp3) is 0.375. The molecule has 1 aliphatic heterocycles. The van der Waals surface area contributed by atoms with Gasteiger partial charge in [0.25, 0.3) is 5.91 Å². The van der Waals surface area contributed by atoms with Gasteiger partial charge >= 0.3 is 0 Å². The number of aromatic nitrogens is 4. The minimum absolute atomic E-state index is 0.113. The van der Waals surface area contributed by atoms with Gasteiger partial charge in [-0.15, -0.1) is 5.10 Å². The van der Waals surface area contributed by atoms with Crippen molar-refractivity contribution in [3.05, 3.63) is 77.2 Å². The molecule has 5 rings (SSSR count). The third-order valence-corrected chi connectivity index (χ3v) is 7.71. The van der Waals surface area contributed by atoms with E-state index in [9.17, 15) is 19.2 Å². The van der Waals surface area contributed by atoms with Crippen molar-refractivity contribution in [1.82, 2.24) is 41.2 Å². The van der Waals surface area contributed by atoms with E-state index in [2.05, 4.69) is 36.6 Å². The molecule has 13 heteroatoms. The number of hydrogen-bond donors (Lipinski definition) is 5. The third-order valence-electron chi connectivity index (χ3n) is 7.71. The van der Waals surface area contributed by atoms with Crippen LogP contribution in [0.5, 0.6) is 5.75 Å². The number of benzene rings is 2. The average molecular weight is 615 g/mol. The highest BCUT2D eigenvalue weighted by Gasteiger charge is 2.31. The molecule has 2 aromatic carbocycles. The Labute approximate surface area is 260 Å². The molecule has 5 N–H and O–H groups in total. The number of nitrogens with zero attached hydrogens (tertiary/aromatic N) is 3. The molecule has 0 spiro atoms. The first-order valence-corrected chi connectivity index (χ1v) is 15.0. The summed E-state index contributed by atoms with van der Waals surface area (Å²) in [6.45, 7) is 7.65. The molecular weight excluding hydrogens is 576 g/mol. The van der Waals surface area contributed by atoms with Crippen LogP contribution in [-0.4, -0.2) is 68.3 Å². The van der Waals surface area contributed by atoms with Gasteiger partial charge in [-0.2, -0.15) is 0 Å². The van der Waals surface area contributed by atoms with Gasteiger partial charge in [0, 0.05) is 23.5 Å². The zero-order chi connectivity index (χ0) is 32.1. The lowest BCUT2D eigenvalue weighted by atomic mass is 10.00. The quantitative estimate of drug-likeness (QED) is 0.234. The molecule has 45 heavy (non-hydrogen) atoms. The van der Waals surface area contributed by atoms with Gasteiger partial charge < -0.3 is 31.0 Å². The van der Waals surface area contributed by atoms with E-state index < -0.39 is 41.8 Å². The van der Waals surface area contributed by atoms with E-state index >= 15 is 0 Å². The maximum atomic E-state index is 13.9. The van der Waals surface area contributed by atoms with Crippen molar-refractivity contribution in [3.8, 4) is 5.75 Å². The van der Waals surface area contributed by atoms with E-state index in [4.69, 9.17) is 4.74 Å². The molecule has 13 nitrogen and oxygen atoms in total. The second-order valence-corrected chi connectivity index (χ2v) is 11.6. The molecule has 4 aromatic rings. The van der Waals surface area contributed by atoms with Gasteiger partial charge in [-0.05, 0) is 43.5 Å². The Hall–Kier alpha value is -5.20. The Morgan fingerprint density at radius 1 is 1.00 bits per heavy atom. The van der Waals surface area contributed by atoms with E-state index in [0.29, 0.717) is 18.0 Å². The average Bonchev–Trinajstić information content (AvgIpc) is 3.65.